The number of rotatable bonds is 3. The molecule has 1 saturated carbocycles. The predicted molar refractivity (Wildman–Crippen MR) is 50.0 cm³/mol. The minimum Gasteiger partial charge on any atom is -0.281 e. The van der Waals surface area contributed by atoms with Gasteiger partial charge in [0.05, 0.1) is 0 Å². The Labute approximate surface area is 136 Å². The minimum absolute atomic E-state index is 7.79. The summed E-state index contributed by atoms with van der Waals surface area (Å²) in [5.74, 6) is -49.7. The molecule has 0 heterocycles. The fourth-order valence-electron chi connectivity index (χ4n) is 1.98. The molecule has 1 aliphatic rings. The molecule has 1 N–H and O–H groups in total. The summed E-state index contributed by atoms with van der Waals surface area (Å²) in [7, 11) is -7.92. The summed E-state index contributed by atoms with van der Waals surface area (Å²) in [6, 6.07) is 0. The summed E-state index contributed by atoms with van der Waals surface area (Å²) >= 11 is 0. The first-order chi connectivity index (χ1) is 11.2. The molecule has 0 aliphatic heterocycles. The molecule has 0 spiro atoms. The highest BCUT2D eigenvalue weighted by molar-refractivity contribution is 7.87. The maximum Gasteiger partial charge on any atom is 0.435 e. The number of halogens is 15. The second kappa shape index (κ2) is 5.07. The summed E-state index contributed by atoms with van der Waals surface area (Å²) in [5, 5.41) is -7.87. The maximum atomic E-state index is 13.9. The highest BCUT2D eigenvalue weighted by Crippen LogP contribution is 2.73. The van der Waals surface area contributed by atoms with Gasteiger partial charge in [-0.25, -0.2) is 4.39 Å². The molecule has 19 heteroatoms. The van der Waals surface area contributed by atoms with Crippen molar-refractivity contribution in [3.05, 3.63) is 0 Å². The molecular weight excluding hydrogens is 461 g/mol. The topological polar surface area (TPSA) is 54.4 Å². The van der Waals surface area contributed by atoms with Gasteiger partial charge in [-0.05, 0) is 0 Å². The lowest BCUT2D eigenvalue weighted by atomic mass is 9.69. The monoisotopic (exact) mass is 462 g/mol. The van der Waals surface area contributed by atoms with Crippen molar-refractivity contribution < 1.29 is 78.8 Å². The van der Waals surface area contributed by atoms with Crippen LogP contribution < -0.4 is 0 Å². The van der Waals surface area contributed by atoms with Gasteiger partial charge in [0.2, 0.25) is 0 Å². The molecule has 0 radical (unpaired) electrons. The van der Waals surface area contributed by atoms with E-state index in [2.05, 4.69) is 0 Å². The lowest BCUT2D eigenvalue weighted by Gasteiger charge is -2.54. The van der Waals surface area contributed by atoms with Crippen LogP contribution >= 0.6 is 0 Å². The molecule has 0 bridgehead atoms. The summed E-state index contributed by atoms with van der Waals surface area (Å²) in [6.45, 7) is 0. The smallest absolute Gasteiger partial charge is 0.281 e. The Morgan fingerprint density at radius 3 is 1.00 bits per heavy atom. The standard InChI is InChI=1S/C8HF15O3S/c9-1(4(14,15)8(22,23)27(24,25)26)2(10,11)5(16,17)7(20,21)6(18,19)3(1,12)13/h(H,24,25,26). The van der Waals surface area contributed by atoms with Gasteiger partial charge in [0.1, 0.15) is 0 Å². The Morgan fingerprint density at radius 2 is 0.778 bits per heavy atom. The first-order valence-electron chi connectivity index (χ1n) is 5.55. The minimum atomic E-state index is -8.64. The normalized spacial score (nSPS) is 28.6. The van der Waals surface area contributed by atoms with Crippen molar-refractivity contribution in [2.45, 2.75) is 46.5 Å². The van der Waals surface area contributed by atoms with E-state index in [0.29, 0.717) is 0 Å². The molecule has 0 aromatic heterocycles. The number of hydrogen-bond acceptors (Lipinski definition) is 2. The van der Waals surface area contributed by atoms with Crippen molar-refractivity contribution in [1.29, 1.82) is 0 Å². The number of hydrogen-bond donors (Lipinski definition) is 1. The zero-order valence-electron chi connectivity index (χ0n) is 11.3. The van der Waals surface area contributed by atoms with E-state index in [0.717, 1.165) is 0 Å². The summed E-state index contributed by atoms with van der Waals surface area (Å²) in [4.78, 5) is 0. The molecule has 0 saturated heterocycles. The molecule has 0 aromatic carbocycles. The number of alkyl halides is 15. The maximum absolute atomic E-state index is 13.9. The Morgan fingerprint density at radius 1 is 0.556 bits per heavy atom. The zero-order valence-corrected chi connectivity index (χ0v) is 12.2. The third kappa shape index (κ3) is 2.04. The quantitative estimate of drug-likeness (QED) is 0.510. The Balaban J connectivity index is 4.16. The first-order valence-corrected chi connectivity index (χ1v) is 6.99. The molecule has 0 unspecified atom stereocenters. The highest BCUT2D eigenvalue weighted by Gasteiger charge is 3.07. The molecule has 1 rings (SSSR count). The second-order valence-corrected chi connectivity index (χ2v) is 6.56. The van der Waals surface area contributed by atoms with E-state index < -0.39 is 56.6 Å². The SMILES string of the molecule is O=S(=O)(O)C(F)(F)C(F)(F)C1(F)C(F)(F)C(F)(F)C(F)(F)C(F)(F)C1(F)F. The molecule has 1 fully saturated rings. The average molecular weight is 462 g/mol. The first kappa shape index (κ1) is 23.9. The van der Waals surface area contributed by atoms with E-state index in [4.69, 9.17) is 4.55 Å². The fraction of sp³-hybridized carbons (Fsp3) is 1.00. The average Bonchev–Trinajstić information content (AvgIpc) is 2.42. The Bertz CT molecular complexity index is 708. The van der Waals surface area contributed by atoms with Gasteiger partial charge < -0.3 is 0 Å². The van der Waals surface area contributed by atoms with Crippen LogP contribution in [0.1, 0.15) is 0 Å². The third-order valence-electron chi connectivity index (χ3n) is 3.56. The van der Waals surface area contributed by atoms with Crippen LogP contribution in [-0.4, -0.2) is 59.4 Å². The van der Waals surface area contributed by atoms with Crippen LogP contribution in [0.3, 0.4) is 0 Å². The molecule has 0 aromatic rings. The van der Waals surface area contributed by atoms with E-state index in [1.165, 1.54) is 0 Å². The van der Waals surface area contributed by atoms with Crippen molar-refractivity contribution in [1.82, 2.24) is 0 Å². The lowest BCUT2D eigenvalue weighted by Crippen LogP contribution is -2.89. The van der Waals surface area contributed by atoms with Crippen molar-refractivity contribution >= 4 is 10.1 Å². The van der Waals surface area contributed by atoms with Crippen LogP contribution in [0.15, 0.2) is 0 Å². The van der Waals surface area contributed by atoms with Gasteiger partial charge in [0.25, 0.3) is 0 Å². The third-order valence-corrected chi connectivity index (χ3v) is 4.47. The van der Waals surface area contributed by atoms with E-state index in [1.54, 1.807) is 0 Å². The van der Waals surface area contributed by atoms with E-state index in [9.17, 15) is 74.3 Å². The second-order valence-electron chi connectivity index (χ2n) is 5.10. The van der Waals surface area contributed by atoms with Crippen LogP contribution in [0.2, 0.25) is 0 Å². The van der Waals surface area contributed by atoms with Crippen LogP contribution in [0.4, 0.5) is 65.9 Å². The zero-order chi connectivity index (χ0) is 22.5. The molecule has 0 atom stereocenters. The van der Waals surface area contributed by atoms with Gasteiger partial charge in [-0.3, -0.25) is 4.55 Å². The Kier molecular flexibility index (Phi) is 4.48. The summed E-state index contributed by atoms with van der Waals surface area (Å²) in [6.07, 6.45) is 0. The van der Waals surface area contributed by atoms with E-state index in [-0.39, 0.29) is 0 Å². The van der Waals surface area contributed by atoms with Crippen molar-refractivity contribution in [2.75, 3.05) is 0 Å². The van der Waals surface area contributed by atoms with Gasteiger partial charge in [0.15, 0.2) is 0 Å². The van der Waals surface area contributed by atoms with Gasteiger partial charge in [-0.2, -0.15) is 69.9 Å². The molecule has 1 aliphatic carbocycles. The Hall–Kier alpha value is -1.14. The van der Waals surface area contributed by atoms with Crippen molar-refractivity contribution in [2.24, 2.45) is 0 Å². The van der Waals surface area contributed by atoms with Gasteiger partial charge in [-0.15, -0.1) is 0 Å². The van der Waals surface area contributed by atoms with E-state index >= 15 is 0 Å². The molecule has 0 amide bonds. The largest absolute Gasteiger partial charge is 0.435 e. The van der Waals surface area contributed by atoms with Crippen LogP contribution in [0.5, 0.6) is 0 Å². The van der Waals surface area contributed by atoms with Gasteiger partial charge in [0, 0.05) is 0 Å². The summed E-state index contributed by atoms with van der Waals surface area (Å²) in [5.41, 5.74) is -8.64. The predicted octanol–water partition coefficient (Wildman–Crippen LogP) is 4.00. The van der Waals surface area contributed by atoms with E-state index in [1.807, 2.05) is 0 Å². The van der Waals surface area contributed by atoms with Crippen molar-refractivity contribution in [3.8, 4) is 0 Å². The van der Waals surface area contributed by atoms with Crippen LogP contribution in [-0.2, 0) is 10.1 Å². The molecular formula is C8HF15O3S. The fourth-order valence-corrected chi connectivity index (χ4v) is 2.44. The molecule has 162 valence electrons. The van der Waals surface area contributed by atoms with Gasteiger partial charge in [-0.1, -0.05) is 0 Å². The highest BCUT2D eigenvalue weighted by atomic mass is 32.2. The summed E-state index contributed by atoms with van der Waals surface area (Å²) < 4.78 is 225. The lowest BCUT2D eigenvalue weighted by molar-refractivity contribution is -0.512. The van der Waals surface area contributed by atoms with Crippen LogP contribution in [0, 0.1) is 0 Å². The molecule has 27 heavy (non-hydrogen) atoms. The van der Waals surface area contributed by atoms with Crippen molar-refractivity contribution in [3.63, 3.8) is 0 Å². The van der Waals surface area contributed by atoms with Crippen LogP contribution in [0.25, 0.3) is 0 Å². The molecule has 3 nitrogen and oxygen atoms in total. The van der Waals surface area contributed by atoms with Gasteiger partial charge >= 0.3 is 56.6 Å².